The molecular weight excluding hydrogens is 234 g/mol. The summed E-state index contributed by atoms with van der Waals surface area (Å²) >= 11 is 0. The predicted molar refractivity (Wildman–Crippen MR) is 32.9 cm³/mol. The molecule has 0 atom stereocenters. The van der Waals surface area contributed by atoms with Crippen molar-refractivity contribution in [1.29, 1.82) is 0 Å². The summed E-state index contributed by atoms with van der Waals surface area (Å²) < 4.78 is 60.1. The maximum atomic E-state index is 9.95. The average Bonchev–Trinajstić information content (AvgIpc) is 1.49. The van der Waals surface area contributed by atoms with Gasteiger partial charge in [-0.3, -0.25) is 17.5 Å². The largest absolute Gasteiger partial charge is 1.00 e. The minimum Gasteiger partial charge on any atom is -1.00 e. The number of rotatable bonds is 2. The second-order valence-corrected chi connectivity index (χ2v) is 3.32. The molecule has 0 aromatic carbocycles. The van der Waals surface area contributed by atoms with E-state index in [1.165, 1.54) is 0 Å². The molecule has 0 amide bonds. The van der Waals surface area contributed by atoms with E-state index in [4.69, 9.17) is 9.11 Å². The fraction of sp³-hybridized carbons (Fsp3) is 0. The van der Waals surface area contributed by atoms with Crippen LogP contribution in [0.1, 0.15) is 2.85 Å². The second-order valence-electron chi connectivity index (χ2n) is 1.27. The van der Waals surface area contributed by atoms with E-state index in [1.807, 2.05) is 0 Å². The van der Waals surface area contributed by atoms with Gasteiger partial charge in [-0.05, 0) is 0 Å². The molecule has 0 aliphatic heterocycles. The minimum absolute atomic E-state index is 0. The summed E-state index contributed by atoms with van der Waals surface area (Å²) in [6, 6.07) is 0. The molecule has 9 nitrogen and oxygen atoms in total. The summed E-state index contributed by atoms with van der Waals surface area (Å²) in [4.78, 5) is 9.95. The number of carbonyl (C=O) groups excluding carboxylic acids is 1. The average molecular weight is 238 g/mol. The van der Waals surface area contributed by atoms with E-state index >= 15 is 0 Å². The third kappa shape index (κ3) is 14.8. The fourth-order valence-corrected chi connectivity index (χ4v) is 0.641. The van der Waals surface area contributed by atoms with Crippen LogP contribution in [-0.2, 0) is 29.2 Å². The van der Waals surface area contributed by atoms with Crippen LogP contribution in [0.2, 0.25) is 0 Å². The number of carbonyl (C=O) groups is 1. The number of hydrogen-bond acceptors (Lipinski definition) is 7. The predicted octanol–water partition coefficient (Wildman–Crippen LogP) is -7.02. The molecule has 0 aromatic rings. The van der Waals surface area contributed by atoms with E-state index in [-0.39, 0.29) is 40.6 Å². The van der Waals surface area contributed by atoms with Crippen molar-refractivity contribution in [2.45, 2.75) is 0 Å². The van der Waals surface area contributed by atoms with Gasteiger partial charge in [0.2, 0.25) is 0 Å². The molecule has 0 heterocycles. The van der Waals surface area contributed by atoms with Crippen LogP contribution in [0.5, 0.6) is 0 Å². The first-order chi connectivity index (χ1) is 5.10. The molecule has 2 N–H and O–H groups in total. The van der Waals surface area contributed by atoms with Crippen LogP contribution >= 0.6 is 0 Å². The summed E-state index contributed by atoms with van der Waals surface area (Å²) in [6.45, 7) is 0. The topological polar surface area (TPSA) is 144 Å². The molecular formula is CH4Li2O9S2. The molecule has 13 heteroatoms. The van der Waals surface area contributed by atoms with Gasteiger partial charge in [-0.2, -0.15) is 16.8 Å². The van der Waals surface area contributed by atoms with Gasteiger partial charge in [0.25, 0.3) is 0 Å². The second kappa shape index (κ2) is 6.71. The van der Waals surface area contributed by atoms with E-state index in [2.05, 4.69) is 8.37 Å². The maximum Gasteiger partial charge on any atom is 1.00 e. The minimum atomic E-state index is -5.15. The van der Waals surface area contributed by atoms with E-state index in [0.717, 1.165) is 0 Å². The zero-order valence-electron chi connectivity index (χ0n) is 9.07. The van der Waals surface area contributed by atoms with E-state index < -0.39 is 27.0 Å². The third-order valence-electron chi connectivity index (χ3n) is 0.347. The molecule has 0 saturated heterocycles. The normalized spacial score (nSPS) is 10.4. The summed E-state index contributed by atoms with van der Waals surface area (Å²) in [5.41, 5.74) is 0. The van der Waals surface area contributed by atoms with Gasteiger partial charge in [-0.1, -0.05) is 0 Å². The molecule has 0 aromatic heterocycles. The zero-order chi connectivity index (χ0) is 9.99. The van der Waals surface area contributed by atoms with Crippen molar-refractivity contribution in [1.82, 2.24) is 0 Å². The van der Waals surface area contributed by atoms with Crippen molar-refractivity contribution >= 4 is 27.0 Å². The van der Waals surface area contributed by atoms with Crippen molar-refractivity contribution in [3.8, 4) is 0 Å². The van der Waals surface area contributed by atoms with E-state index in [1.54, 1.807) is 0 Å². The SMILES string of the molecule is O=C(OS(=O)(=O)O)OS(=O)(=O)O.[H-].[H-].[Li+].[Li+]. The molecule has 0 aliphatic rings. The Bertz CT molecular complexity index is 336. The van der Waals surface area contributed by atoms with Gasteiger partial charge in [0.15, 0.2) is 0 Å². The Hall–Kier alpha value is 0.285. The number of hydrogen-bond donors (Lipinski definition) is 2. The Kier molecular flexibility index (Phi) is 9.49. The van der Waals surface area contributed by atoms with Gasteiger partial charge >= 0.3 is 64.7 Å². The molecule has 0 bridgehead atoms. The van der Waals surface area contributed by atoms with Gasteiger partial charge in [0.1, 0.15) is 0 Å². The van der Waals surface area contributed by atoms with Crippen LogP contribution in [0.25, 0.3) is 0 Å². The molecule has 0 rings (SSSR count). The Morgan fingerprint density at radius 3 is 1.29 bits per heavy atom. The van der Waals surface area contributed by atoms with Crippen molar-refractivity contribution in [2.75, 3.05) is 0 Å². The molecule has 0 spiro atoms. The van der Waals surface area contributed by atoms with Gasteiger partial charge in [-0.25, -0.2) is 4.79 Å². The molecule has 76 valence electrons. The van der Waals surface area contributed by atoms with Crippen molar-refractivity contribution in [3.63, 3.8) is 0 Å². The maximum absolute atomic E-state index is 9.95. The fourth-order valence-electron chi connectivity index (χ4n) is 0.186. The van der Waals surface area contributed by atoms with Crippen LogP contribution in [0, 0.1) is 0 Å². The first-order valence-corrected chi connectivity index (χ1v) is 4.71. The zero-order valence-corrected chi connectivity index (χ0v) is 8.70. The van der Waals surface area contributed by atoms with Gasteiger partial charge < -0.3 is 2.85 Å². The Balaban J connectivity index is -0.000000101. The molecule has 0 aliphatic carbocycles. The van der Waals surface area contributed by atoms with Gasteiger partial charge in [0, 0.05) is 0 Å². The monoisotopic (exact) mass is 238 g/mol. The van der Waals surface area contributed by atoms with Gasteiger partial charge in [0.05, 0.1) is 0 Å². The molecule has 0 saturated carbocycles. The molecule has 14 heavy (non-hydrogen) atoms. The van der Waals surface area contributed by atoms with Crippen LogP contribution in [0.15, 0.2) is 0 Å². The Morgan fingerprint density at radius 2 is 1.14 bits per heavy atom. The van der Waals surface area contributed by atoms with Crippen LogP contribution < -0.4 is 37.7 Å². The van der Waals surface area contributed by atoms with E-state index in [0.29, 0.717) is 0 Å². The standard InChI is InChI=1S/CH2O9S2.2Li.2H/c2-1(9-11(3,4)5)10-12(6,7)8;;;;/h(H,3,4,5)(H,6,7,8);;;;/q;2*+1;2*-1. The quantitative estimate of drug-likeness (QED) is 0.354. The van der Waals surface area contributed by atoms with Crippen LogP contribution in [0.4, 0.5) is 4.79 Å². The van der Waals surface area contributed by atoms with Crippen LogP contribution in [-0.4, -0.2) is 32.1 Å². The Morgan fingerprint density at radius 1 is 0.929 bits per heavy atom. The van der Waals surface area contributed by atoms with Gasteiger partial charge in [-0.15, -0.1) is 0 Å². The Labute approximate surface area is 106 Å². The summed E-state index contributed by atoms with van der Waals surface area (Å²) in [5.74, 6) is 0. The van der Waals surface area contributed by atoms with E-state index in [9.17, 15) is 21.6 Å². The summed E-state index contributed by atoms with van der Waals surface area (Å²) in [5, 5.41) is 0. The molecule has 0 radical (unpaired) electrons. The summed E-state index contributed by atoms with van der Waals surface area (Å²) in [6.07, 6.45) is -2.29. The molecule has 0 fully saturated rings. The smallest absolute Gasteiger partial charge is 1.00 e. The van der Waals surface area contributed by atoms with Crippen molar-refractivity contribution in [3.05, 3.63) is 0 Å². The summed E-state index contributed by atoms with van der Waals surface area (Å²) in [7, 11) is -10.3. The first-order valence-electron chi connectivity index (χ1n) is 1.98. The first kappa shape index (κ1) is 19.8. The van der Waals surface area contributed by atoms with Crippen LogP contribution in [0.3, 0.4) is 0 Å². The van der Waals surface area contributed by atoms with Crippen molar-refractivity contribution < 1.29 is 79.7 Å². The van der Waals surface area contributed by atoms with Crippen molar-refractivity contribution in [2.24, 2.45) is 0 Å². The molecule has 0 unspecified atom stereocenters. The third-order valence-corrected chi connectivity index (χ3v) is 1.04.